The first-order chi connectivity index (χ1) is 8.19. The molecule has 17 heavy (non-hydrogen) atoms. The molecule has 1 unspecified atom stereocenters. The highest BCUT2D eigenvalue weighted by atomic mass is 79.9. The first-order valence-electron chi connectivity index (χ1n) is 5.12. The third-order valence-electron chi connectivity index (χ3n) is 2.51. The van der Waals surface area contributed by atoms with E-state index in [9.17, 15) is 4.39 Å². The van der Waals surface area contributed by atoms with Crippen LogP contribution in [0.1, 0.15) is 17.2 Å². The molecule has 0 saturated heterocycles. The normalized spacial score (nSPS) is 12.6. The minimum Gasteiger partial charge on any atom is -0.271 e. The van der Waals surface area contributed by atoms with Crippen LogP contribution in [0.5, 0.6) is 0 Å². The maximum absolute atomic E-state index is 13.3. The molecule has 0 bridgehead atoms. The lowest BCUT2D eigenvalue weighted by molar-refractivity contribution is 0.544. The second-order valence-electron chi connectivity index (χ2n) is 3.76. The van der Waals surface area contributed by atoms with Gasteiger partial charge in [-0.25, -0.2) is 4.39 Å². The second kappa shape index (κ2) is 5.73. The van der Waals surface area contributed by atoms with Gasteiger partial charge in [0.15, 0.2) is 0 Å². The molecule has 2 rings (SSSR count). The Balaban J connectivity index is 2.22. The van der Waals surface area contributed by atoms with E-state index in [2.05, 4.69) is 26.7 Å². The van der Waals surface area contributed by atoms with Crippen molar-refractivity contribution < 1.29 is 4.39 Å². The number of benzene rings is 1. The van der Waals surface area contributed by atoms with Gasteiger partial charge in [-0.05, 0) is 52.6 Å². The van der Waals surface area contributed by atoms with E-state index in [4.69, 9.17) is 5.84 Å². The Labute approximate surface area is 112 Å². The first kappa shape index (κ1) is 12.7. The Morgan fingerprint density at radius 2 is 2.24 bits per heavy atom. The van der Waals surface area contributed by atoms with Gasteiger partial charge in [0.1, 0.15) is 5.82 Å². The third-order valence-corrected chi connectivity index (χ3v) is 3.70. The molecule has 0 radical (unpaired) electrons. The smallest absolute Gasteiger partial charge is 0.124 e. The largest absolute Gasteiger partial charge is 0.271 e. The van der Waals surface area contributed by atoms with Crippen LogP contribution in [0, 0.1) is 5.82 Å². The van der Waals surface area contributed by atoms with Gasteiger partial charge in [-0.15, -0.1) is 0 Å². The molecule has 1 heterocycles. The molecule has 0 saturated carbocycles. The van der Waals surface area contributed by atoms with E-state index < -0.39 is 0 Å². The summed E-state index contributed by atoms with van der Waals surface area (Å²) in [4.78, 5) is 0. The molecule has 0 spiro atoms. The Bertz CT molecular complexity index is 467. The van der Waals surface area contributed by atoms with Crippen molar-refractivity contribution in [2.45, 2.75) is 12.5 Å². The summed E-state index contributed by atoms with van der Waals surface area (Å²) in [7, 11) is 0. The van der Waals surface area contributed by atoms with Crippen molar-refractivity contribution >= 4 is 27.3 Å². The molecule has 0 amide bonds. The average molecular weight is 315 g/mol. The summed E-state index contributed by atoms with van der Waals surface area (Å²) in [6.07, 6.45) is 0.746. The van der Waals surface area contributed by atoms with Crippen molar-refractivity contribution in [1.29, 1.82) is 0 Å². The summed E-state index contributed by atoms with van der Waals surface area (Å²) < 4.78 is 14.0. The van der Waals surface area contributed by atoms with Gasteiger partial charge >= 0.3 is 0 Å². The van der Waals surface area contributed by atoms with E-state index in [1.165, 1.54) is 17.7 Å². The number of hydrogen-bond acceptors (Lipinski definition) is 3. The second-order valence-corrected chi connectivity index (χ2v) is 5.45. The molecule has 3 N–H and O–H groups in total. The van der Waals surface area contributed by atoms with Crippen LogP contribution in [-0.4, -0.2) is 0 Å². The summed E-state index contributed by atoms with van der Waals surface area (Å²) in [5.74, 6) is 5.27. The fourth-order valence-corrected chi connectivity index (χ4v) is 2.86. The minimum absolute atomic E-state index is 0.0865. The third kappa shape index (κ3) is 3.35. The maximum atomic E-state index is 13.3. The topological polar surface area (TPSA) is 38.0 Å². The quantitative estimate of drug-likeness (QED) is 0.670. The van der Waals surface area contributed by atoms with Gasteiger partial charge in [-0.2, -0.15) is 11.3 Å². The fraction of sp³-hybridized carbons (Fsp3) is 0.167. The SMILES string of the molecule is NNC(Cc1ccsc1)c1cc(F)cc(Br)c1. The van der Waals surface area contributed by atoms with E-state index in [1.807, 2.05) is 17.5 Å². The van der Waals surface area contributed by atoms with Crippen LogP contribution in [0.4, 0.5) is 4.39 Å². The molecule has 5 heteroatoms. The van der Waals surface area contributed by atoms with Gasteiger partial charge in [0.05, 0.1) is 6.04 Å². The molecule has 0 aliphatic rings. The van der Waals surface area contributed by atoms with Crippen molar-refractivity contribution in [3.8, 4) is 0 Å². The number of thiophene rings is 1. The zero-order valence-electron chi connectivity index (χ0n) is 8.99. The molecule has 0 fully saturated rings. The van der Waals surface area contributed by atoms with E-state index in [0.717, 1.165) is 16.5 Å². The lowest BCUT2D eigenvalue weighted by atomic mass is 10.0. The molecule has 0 aliphatic heterocycles. The summed E-state index contributed by atoms with van der Waals surface area (Å²) >= 11 is 4.92. The number of hydrogen-bond donors (Lipinski definition) is 2. The van der Waals surface area contributed by atoms with Crippen LogP contribution in [0.25, 0.3) is 0 Å². The predicted molar refractivity (Wildman–Crippen MR) is 72.2 cm³/mol. The zero-order chi connectivity index (χ0) is 12.3. The molecule has 1 aromatic carbocycles. The van der Waals surface area contributed by atoms with Crippen LogP contribution in [0.3, 0.4) is 0 Å². The monoisotopic (exact) mass is 314 g/mol. The van der Waals surface area contributed by atoms with Crippen molar-refractivity contribution in [1.82, 2.24) is 5.43 Å². The van der Waals surface area contributed by atoms with Crippen LogP contribution < -0.4 is 11.3 Å². The number of nitrogens with two attached hydrogens (primary N) is 1. The number of nitrogens with one attached hydrogen (secondary N) is 1. The van der Waals surface area contributed by atoms with Crippen molar-refractivity contribution in [3.05, 3.63) is 56.4 Å². The van der Waals surface area contributed by atoms with Gasteiger partial charge < -0.3 is 0 Å². The molecule has 1 aromatic heterocycles. The maximum Gasteiger partial charge on any atom is 0.124 e. The zero-order valence-corrected chi connectivity index (χ0v) is 11.4. The van der Waals surface area contributed by atoms with E-state index in [0.29, 0.717) is 0 Å². The molecular formula is C12H12BrFN2S. The Hall–Kier alpha value is -0.750. The molecule has 90 valence electrons. The Morgan fingerprint density at radius 1 is 1.41 bits per heavy atom. The predicted octanol–water partition coefficient (Wildman–Crippen LogP) is 3.40. The Morgan fingerprint density at radius 3 is 2.82 bits per heavy atom. The summed E-state index contributed by atoms with van der Waals surface area (Å²) in [5, 5.41) is 4.09. The standard InChI is InChI=1S/C12H12BrFN2S/c13-10-4-9(5-11(14)6-10)12(16-15)3-8-1-2-17-7-8/h1-2,4-7,12,16H,3,15H2. The van der Waals surface area contributed by atoms with Crippen molar-refractivity contribution in [3.63, 3.8) is 0 Å². The van der Waals surface area contributed by atoms with Crippen LogP contribution in [0.15, 0.2) is 39.5 Å². The van der Waals surface area contributed by atoms with Crippen LogP contribution >= 0.6 is 27.3 Å². The molecule has 0 aliphatic carbocycles. The van der Waals surface area contributed by atoms with Gasteiger partial charge in [-0.3, -0.25) is 11.3 Å². The van der Waals surface area contributed by atoms with Crippen LogP contribution in [-0.2, 0) is 6.42 Å². The molecule has 2 aromatic rings. The highest BCUT2D eigenvalue weighted by Crippen LogP contribution is 2.23. The van der Waals surface area contributed by atoms with Gasteiger partial charge in [0.2, 0.25) is 0 Å². The molecular weight excluding hydrogens is 303 g/mol. The van der Waals surface area contributed by atoms with E-state index in [-0.39, 0.29) is 11.9 Å². The number of rotatable bonds is 4. The van der Waals surface area contributed by atoms with E-state index in [1.54, 1.807) is 11.3 Å². The van der Waals surface area contributed by atoms with Crippen molar-refractivity contribution in [2.75, 3.05) is 0 Å². The van der Waals surface area contributed by atoms with Gasteiger partial charge in [0.25, 0.3) is 0 Å². The van der Waals surface area contributed by atoms with E-state index >= 15 is 0 Å². The summed E-state index contributed by atoms with van der Waals surface area (Å²) in [6, 6.07) is 6.77. The Kier molecular flexibility index (Phi) is 4.28. The fourth-order valence-electron chi connectivity index (χ4n) is 1.69. The van der Waals surface area contributed by atoms with Gasteiger partial charge in [-0.1, -0.05) is 15.9 Å². The minimum atomic E-state index is -0.264. The number of halogens is 2. The average Bonchev–Trinajstić information content (AvgIpc) is 2.77. The van der Waals surface area contributed by atoms with Crippen LogP contribution in [0.2, 0.25) is 0 Å². The lowest BCUT2D eigenvalue weighted by Gasteiger charge is -2.16. The number of hydrazine groups is 1. The van der Waals surface area contributed by atoms with Gasteiger partial charge in [0, 0.05) is 4.47 Å². The highest BCUT2D eigenvalue weighted by molar-refractivity contribution is 9.10. The molecule has 2 nitrogen and oxygen atoms in total. The summed E-state index contributed by atoms with van der Waals surface area (Å²) in [6.45, 7) is 0. The van der Waals surface area contributed by atoms with Crippen molar-refractivity contribution in [2.24, 2.45) is 5.84 Å². The first-order valence-corrected chi connectivity index (χ1v) is 6.86. The molecule has 1 atom stereocenters. The highest BCUT2D eigenvalue weighted by Gasteiger charge is 2.12. The summed E-state index contributed by atoms with van der Waals surface area (Å²) in [5.41, 5.74) is 4.76. The lowest BCUT2D eigenvalue weighted by Crippen LogP contribution is -2.29.